The molecule has 0 aliphatic carbocycles. The van der Waals surface area contributed by atoms with Crippen LogP contribution in [-0.4, -0.2) is 0 Å². The Morgan fingerprint density at radius 1 is 0.667 bits per heavy atom. The highest BCUT2D eigenvalue weighted by Gasteiger charge is 2.33. The summed E-state index contributed by atoms with van der Waals surface area (Å²) in [6, 6.07) is 4.00. The van der Waals surface area contributed by atoms with Gasteiger partial charge in [0.25, 0.3) is 8.54 Å². The summed E-state index contributed by atoms with van der Waals surface area (Å²) >= 11 is 0. The molecule has 0 aliphatic rings. The average molecular weight is 314 g/mol. The van der Waals surface area contributed by atoms with Crippen LogP contribution in [0.25, 0.3) is 0 Å². The highest BCUT2D eigenvalue weighted by Crippen LogP contribution is 2.46. The molecule has 0 spiro atoms. The Bertz CT molecular complexity index is 476. The minimum Gasteiger partial charge on any atom is -0.183 e. The minimum atomic E-state index is -3.11. The van der Waals surface area contributed by atoms with Crippen molar-refractivity contribution in [1.82, 2.24) is 0 Å². The second-order valence-corrected chi connectivity index (χ2v) is 9.82. The molecule has 0 aliphatic heterocycles. The molecule has 0 aromatic heterocycles. The predicted molar refractivity (Wildman–Crippen MR) is 91.3 cm³/mol. The van der Waals surface area contributed by atoms with Crippen molar-refractivity contribution in [2.45, 2.75) is 78.6 Å². The summed E-state index contributed by atoms with van der Waals surface area (Å²) in [4.78, 5) is 0. The van der Waals surface area contributed by atoms with Gasteiger partial charge in [-0.2, -0.15) is 8.39 Å². The molecule has 0 N–H and O–H groups in total. The summed E-state index contributed by atoms with van der Waals surface area (Å²) in [5, 5.41) is 0.290. The fourth-order valence-corrected chi connectivity index (χ4v) is 3.56. The molecule has 1 aromatic carbocycles. The summed E-state index contributed by atoms with van der Waals surface area (Å²) < 4.78 is 27.7. The van der Waals surface area contributed by atoms with E-state index in [1.807, 2.05) is 53.7 Å². The molecule has 0 saturated carbocycles. The standard InChI is InChI=1S/C18H29F2P/c1-16(2,3)12-10-13(17(4,5)6)15(21(19)20)14(11-12)18(7,8)9/h10-11H,1-9H3. The van der Waals surface area contributed by atoms with E-state index in [2.05, 4.69) is 20.8 Å². The molecular weight excluding hydrogens is 285 g/mol. The molecule has 0 bridgehead atoms. The Labute approximate surface area is 130 Å². The maximum Gasteiger partial charge on any atom is 0.298 e. The summed E-state index contributed by atoms with van der Waals surface area (Å²) in [7, 11) is -3.11. The lowest BCUT2D eigenvalue weighted by atomic mass is 9.75. The molecule has 0 nitrogen and oxygen atoms in total. The van der Waals surface area contributed by atoms with Gasteiger partial charge in [-0.15, -0.1) is 0 Å². The number of hydrogen-bond acceptors (Lipinski definition) is 0. The van der Waals surface area contributed by atoms with Crippen LogP contribution in [-0.2, 0) is 16.2 Å². The number of rotatable bonds is 1. The largest absolute Gasteiger partial charge is 0.298 e. The second-order valence-electron chi connectivity index (χ2n) is 8.90. The Balaban J connectivity index is 3.85. The Morgan fingerprint density at radius 3 is 1.19 bits per heavy atom. The van der Waals surface area contributed by atoms with E-state index in [4.69, 9.17) is 0 Å². The minimum absolute atomic E-state index is 0.0477. The van der Waals surface area contributed by atoms with Gasteiger partial charge in [0.1, 0.15) is 0 Å². The molecule has 0 fully saturated rings. The second kappa shape index (κ2) is 5.61. The molecule has 0 amide bonds. The summed E-state index contributed by atoms with van der Waals surface area (Å²) in [5.74, 6) is 0. The van der Waals surface area contributed by atoms with Gasteiger partial charge in [-0.05, 0) is 32.9 Å². The van der Waals surface area contributed by atoms with Gasteiger partial charge in [0.2, 0.25) is 0 Å². The first-order valence-corrected chi connectivity index (χ1v) is 8.59. The molecular formula is C18H29F2P. The lowest BCUT2D eigenvalue weighted by Crippen LogP contribution is -2.30. The van der Waals surface area contributed by atoms with Crippen molar-refractivity contribution in [2.24, 2.45) is 0 Å². The third kappa shape index (κ3) is 4.25. The summed E-state index contributed by atoms with van der Waals surface area (Å²) in [6.07, 6.45) is 0. The van der Waals surface area contributed by atoms with Crippen LogP contribution in [0.5, 0.6) is 0 Å². The normalized spacial score (nSPS) is 13.9. The topological polar surface area (TPSA) is 0 Å². The Kier molecular flexibility index (Phi) is 4.96. The first-order valence-electron chi connectivity index (χ1n) is 7.47. The molecule has 0 saturated heterocycles. The van der Waals surface area contributed by atoms with E-state index < -0.39 is 8.54 Å². The molecule has 1 aromatic rings. The Morgan fingerprint density at radius 2 is 1.00 bits per heavy atom. The van der Waals surface area contributed by atoms with Gasteiger partial charge in [0.15, 0.2) is 0 Å². The fraction of sp³-hybridized carbons (Fsp3) is 0.667. The molecule has 3 heteroatoms. The van der Waals surface area contributed by atoms with Crippen molar-refractivity contribution in [1.29, 1.82) is 0 Å². The van der Waals surface area contributed by atoms with Gasteiger partial charge >= 0.3 is 0 Å². The van der Waals surface area contributed by atoms with Gasteiger partial charge in [-0.1, -0.05) is 74.4 Å². The van der Waals surface area contributed by atoms with Gasteiger partial charge in [0.05, 0.1) is 0 Å². The van der Waals surface area contributed by atoms with E-state index in [9.17, 15) is 8.39 Å². The molecule has 0 radical (unpaired) electrons. The zero-order valence-electron chi connectivity index (χ0n) is 14.9. The van der Waals surface area contributed by atoms with Crippen LogP contribution in [0, 0.1) is 0 Å². The SMILES string of the molecule is CC(C)(C)c1cc(C(C)(C)C)c(P(F)F)c(C(C)(C)C)c1. The van der Waals surface area contributed by atoms with Gasteiger partial charge in [-0.25, -0.2) is 0 Å². The highest BCUT2D eigenvalue weighted by atomic mass is 31.2. The van der Waals surface area contributed by atoms with Crippen LogP contribution in [0.1, 0.15) is 79.0 Å². The van der Waals surface area contributed by atoms with Crippen LogP contribution in [0.4, 0.5) is 8.39 Å². The molecule has 0 atom stereocenters. The van der Waals surface area contributed by atoms with E-state index in [1.165, 1.54) is 0 Å². The van der Waals surface area contributed by atoms with E-state index in [-0.39, 0.29) is 21.5 Å². The van der Waals surface area contributed by atoms with E-state index in [0.717, 1.165) is 16.7 Å². The molecule has 0 unspecified atom stereocenters. The van der Waals surface area contributed by atoms with Crippen LogP contribution in [0.15, 0.2) is 12.1 Å². The summed E-state index contributed by atoms with van der Waals surface area (Å²) in [6.45, 7) is 18.5. The van der Waals surface area contributed by atoms with Crippen molar-refractivity contribution in [3.05, 3.63) is 28.8 Å². The lowest BCUT2D eigenvalue weighted by molar-refractivity contribution is 0.552. The lowest BCUT2D eigenvalue weighted by Gasteiger charge is -2.32. The van der Waals surface area contributed by atoms with Gasteiger partial charge in [-0.3, -0.25) is 0 Å². The number of halogens is 2. The highest BCUT2D eigenvalue weighted by molar-refractivity contribution is 7.55. The van der Waals surface area contributed by atoms with Crippen molar-refractivity contribution >= 4 is 13.8 Å². The summed E-state index contributed by atoms with van der Waals surface area (Å²) in [5.41, 5.74) is 2.13. The van der Waals surface area contributed by atoms with Gasteiger partial charge in [0, 0.05) is 5.30 Å². The average Bonchev–Trinajstić information content (AvgIpc) is 2.23. The molecule has 120 valence electrons. The van der Waals surface area contributed by atoms with Crippen LogP contribution in [0.3, 0.4) is 0 Å². The van der Waals surface area contributed by atoms with E-state index in [0.29, 0.717) is 0 Å². The molecule has 1 rings (SSSR count). The fourth-order valence-electron chi connectivity index (χ4n) is 2.39. The predicted octanol–water partition coefficient (Wildman–Crippen LogP) is 6.46. The van der Waals surface area contributed by atoms with Crippen molar-refractivity contribution in [2.75, 3.05) is 0 Å². The molecule has 0 heterocycles. The third-order valence-electron chi connectivity index (χ3n) is 3.76. The zero-order valence-corrected chi connectivity index (χ0v) is 15.8. The van der Waals surface area contributed by atoms with E-state index in [1.54, 1.807) is 0 Å². The van der Waals surface area contributed by atoms with Crippen LogP contribution < -0.4 is 5.30 Å². The third-order valence-corrected chi connectivity index (χ3v) is 4.58. The van der Waals surface area contributed by atoms with Crippen molar-refractivity contribution < 1.29 is 8.39 Å². The van der Waals surface area contributed by atoms with Crippen molar-refractivity contribution in [3.8, 4) is 0 Å². The number of benzene rings is 1. The first-order chi connectivity index (χ1) is 9.15. The molecule has 21 heavy (non-hydrogen) atoms. The maximum atomic E-state index is 13.8. The van der Waals surface area contributed by atoms with Crippen LogP contribution >= 0.6 is 8.54 Å². The number of hydrogen-bond donors (Lipinski definition) is 0. The zero-order chi connectivity index (χ0) is 16.8. The Hall–Kier alpha value is -0.490. The van der Waals surface area contributed by atoms with Crippen LogP contribution in [0.2, 0.25) is 0 Å². The van der Waals surface area contributed by atoms with Gasteiger partial charge < -0.3 is 0 Å². The van der Waals surface area contributed by atoms with E-state index >= 15 is 0 Å². The smallest absolute Gasteiger partial charge is 0.183 e. The maximum absolute atomic E-state index is 13.8. The monoisotopic (exact) mass is 314 g/mol. The first kappa shape index (κ1) is 18.6. The quantitative estimate of drug-likeness (QED) is 0.522. The van der Waals surface area contributed by atoms with Crippen molar-refractivity contribution in [3.63, 3.8) is 0 Å².